The summed E-state index contributed by atoms with van der Waals surface area (Å²) in [6, 6.07) is 12.0. The highest BCUT2D eigenvalue weighted by atomic mass is 19.1. The zero-order valence-corrected chi connectivity index (χ0v) is 24.1. The molecule has 9 nitrogen and oxygen atoms in total. The number of aryl methyl sites for hydroxylation is 1. The average molecular weight is 550 g/mol. The van der Waals surface area contributed by atoms with Gasteiger partial charge >= 0.3 is 6.03 Å². The molecular formula is C30H40FN7O2. The monoisotopic (exact) mass is 549 g/mol. The molecule has 10 heteroatoms. The highest BCUT2D eigenvalue weighted by Gasteiger charge is 2.28. The molecule has 0 aliphatic carbocycles. The molecule has 2 atom stereocenters. The van der Waals surface area contributed by atoms with Gasteiger partial charge in [-0.3, -0.25) is 4.79 Å². The molecule has 2 N–H and O–H groups in total. The van der Waals surface area contributed by atoms with Crippen molar-refractivity contribution in [2.45, 2.75) is 64.8 Å². The highest BCUT2D eigenvalue weighted by Crippen LogP contribution is 2.31. The number of tetrazole rings is 1. The minimum absolute atomic E-state index is 0.0161. The van der Waals surface area contributed by atoms with Gasteiger partial charge in [0.2, 0.25) is 0 Å². The zero-order valence-electron chi connectivity index (χ0n) is 24.1. The number of nitrogens with zero attached hydrogens (tertiary/aromatic N) is 5. The molecule has 1 aromatic heterocycles. The lowest BCUT2D eigenvalue weighted by Gasteiger charge is -2.33. The summed E-state index contributed by atoms with van der Waals surface area (Å²) in [6.45, 7) is 10.2. The number of ketones is 1. The van der Waals surface area contributed by atoms with Crippen LogP contribution >= 0.6 is 0 Å². The second kappa shape index (κ2) is 12.7. The van der Waals surface area contributed by atoms with Crippen molar-refractivity contribution in [3.05, 3.63) is 59.4 Å². The van der Waals surface area contributed by atoms with Crippen molar-refractivity contribution < 1.29 is 14.0 Å². The summed E-state index contributed by atoms with van der Waals surface area (Å²) in [4.78, 5) is 27.8. The van der Waals surface area contributed by atoms with E-state index >= 15 is 0 Å². The first kappa shape index (κ1) is 29.3. The summed E-state index contributed by atoms with van der Waals surface area (Å²) in [5.74, 6) is 0.908. The number of aromatic nitrogens is 4. The first-order valence-electron chi connectivity index (χ1n) is 13.9. The minimum atomic E-state index is -0.745. The SMILES string of the molecule is CC(=O)C(C)(C)c1cc(NC(=O)N[C@H](C)CCN2CCC[C@@H](Cc3ccc(F)cc3)C2)cc(-c2nnnn2C)c1. The van der Waals surface area contributed by atoms with Gasteiger partial charge < -0.3 is 15.5 Å². The van der Waals surface area contributed by atoms with E-state index in [0.29, 0.717) is 23.0 Å². The standard InChI is InChI=1S/C30H40FN7O2/c1-20(12-14-38-13-6-7-23(19-38)15-22-8-10-26(31)11-9-22)32-29(40)33-27-17-24(28-34-35-36-37(28)5)16-25(18-27)30(3,4)21(2)39/h8-11,16-18,20,23H,6-7,12-15,19H2,1-5H3,(H2,32,33,40)/t20-,23+/m1/s1. The fraction of sp³-hybridized carbons (Fsp3) is 0.500. The maximum Gasteiger partial charge on any atom is 0.319 e. The third kappa shape index (κ3) is 7.50. The molecule has 1 aliphatic rings. The molecule has 0 spiro atoms. The lowest BCUT2D eigenvalue weighted by molar-refractivity contribution is -0.121. The molecule has 1 aliphatic heterocycles. The second-order valence-electron chi connectivity index (χ2n) is 11.5. The Kier molecular flexibility index (Phi) is 9.29. The Morgan fingerprint density at radius 2 is 1.93 bits per heavy atom. The van der Waals surface area contributed by atoms with Crippen molar-refractivity contribution in [3.8, 4) is 11.4 Å². The summed E-state index contributed by atoms with van der Waals surface area (Å²) >= 11 is 0. The third-order valence-corrected chi connectivity index (χ3v) is 7.97. The van der Waals surface area contributed by atoms with Crippen molar-refractivity contribution >= 4 is 17.5 Å². The molecule has 1 saturated heterocycles. The Bertz CT molecular complexity index is 1320. The van der Waals surface area contributed by atoms with Gasteiger partial charge in [-0.1, -0.05) is 12.1 Å². The molecule has 40 heavy (non-hydrogen) atoms. The van der Waals surface area contributed by atoms with Crippen molar-refractivity contribution in [3.63, 3.8) is 0 Å². The van der Waals surface area contributed by atoms with Gasteiger partial charge in [0.15, 0.2) is 5.82 Å². The summed E-state index contributed by atoms with van der Waals surface area (Å²) < 4.78 is 14.8. The van der Waals surface area contributed by atoms with Crippen LogP contribution in [0.2, 0.25) is 0 Å². The van der Waals surface area contributed by atoms with Crippen molar-refractivity contribution in [1.29, 1.82) is 0 Å². The van der Waals surface area contributed by atoms with Crippen molar-refractivity contribution in [2.24, 2.45) is 13.0 Å². The maximum absolute atomic E-state index is 13.2. The van der Waals surface area contributed by atoms with E-state index in [1.165, 1.54) is 24.1 Å². The van der Waals surface area contributed by atoms with E-state index in [-0.39, 0.29) is 23.7 Å². The van der Waals surface area contributed by atoms with Gasteiger partial charge in [0.25, 0.3) is 0 Å². The van der Waals surface area contributed by atoms with Gasteiger partial charge in [0, 0.05) is 42.8 Å². The number of urea groups is 1. The largest absolute Gasteiger partial charge is 0.335 e. The molecule has 0 bridgehead atoms. The normalized spacial score (nSPS) is 16.9. The summed E-state index contributed by atoms with van der Waals surface area (Å²) in [5, 5.41) is 17.7. The summed E-state index contributed by atoms with van der Waals surface area (Å²) in [7, 11) is 1.74. The molecule has 0 saturated carbocycles. The number of anilines is 1. The van der Waals surface area contributed by atoms with Gasteiger partial charge in [-0.25, -0.2) is 13.9 Å². The van der Waals surface area contributed by atoms with Crippen LogP contribution < -0.4 is 10.6 Å². The van der Waals surface area contributed by atoms with E-state index in [2.05, 4.69) is 31.1 Å². The Morgan fingerprint density at radius 3 is 2.60 bits per heavy atom. The van der Waals surface area contributed by atoms with Crippen LogP contribution in [-0.2, 0) is 23.7 Å². The number of amides is 2. The Balaban J connectivity index is 1.34. The van der Waals surface area contributed by atoms with Crippen LogP contribution in [0.4, 0.5) is 14.9 Å². The first-order valence-corrected chi connectivity index (χ1v) is 13.9. The van der Waals surface area contributed by atoms with E-state index in [1.807, 2.05) is 51.1 Å². The predicted molar refractivity (Wildman–Crippen MR) is 153 cm³/mol. The van der Waals surface area contributed by atoms with Crippen LogP contribution in [-0.4, -0.2) is 62.6 Å². The van der Waals surface area contributed by atoms with Gasteiger partial charge in [0.05, 0.1) is 0 Å². The average Bonchev–Trinajstić information content (AvgIpc) is 3.34. The molecule has 2 amide bonds. The fourth-order valence-corrected chi connectivity index (χ4v) is 5.18. The van der Waals surface area contributed by atoms with Crippen molar-refractivity contribution in [1.82, 2.24) is 30.4 Å². The van der Waals surface area contributed by atoms with Gasteiger partial charge in [-0.2, -0.15) is 0 Å². The number of hydrogen-bond donors (Lipinski definition) is 2. The molecule has 2 heterocycles. The third-order valence-electron chi connectivity index (χ3n) is 7.97. The van der Waals surface area contributed by atoms with E-state index in [1.54, 1.807) is 18.7 Å². The van der Waals surface area contributed by atoms with Crippen LogP contribution in [0.3, 0.4) is 0 Å². The number of carbonyl (C=O) groups excluding carboxylic acids is 2. The molecule has 2 aromatic carbocycles. The molecule has 0 unspecified atom stereocenters. The Morgan fingerprint density at radius 1 is 1.18 bits per heavy atom. The molecule has 1 fully saturated rings. The molecule has 0 radical (unpaired) electrons. The molecule has 4 rings (SSSR count). The van der Waals surface area contributed by atoms with Gasteiger partial charge in [0.1, 0.15) is 11.6 Å². The topological polar surface area (TPSA) is 105 Å². The van der Waals surface area contributed by atoms with E-state index in [9.17, 15) is 14.0 Å². The number of hydrogen-bond acceptors (Lipinski definition) is 6. The number of piperidine rings is 1. The van der Waals surface area contributed by atoms with E-state index in [0.717, 1.165) is 44.5 Å². The lowest BCUT2D eigenvalue weighted by Crippen LogP contribution is -2.41. The maximum atomic E-state index is 13.2. The minimum Gasteiger partial charge on any atom is -0.335 e. The molecule has 3 aromatic rings. The van der Waals surface area contributed by atoms with E-state index in [4.69, 9.17) is 0 Å². The highest BCUT2D eigenvalue weighted by molar-refractivity contribution is 5.92. The van der Waals surface area contributed by atoms with Gasteiger partial charge in [-0.15, -0.1) is 5.10 Å². The predicted octanol–water partition coefficient (Wildman–Crippen LogP) is 4.74. The summed E-state index contributed by atoms with van der Waals surface area (Å²) in [6.07, 6.45) is 4.10. The number of halogens is 1. The summed E-state index contributed by atoms with van der Waals surface area (Å²) in [5.41, 5.74) is 2.47. The van der Waals surface area contributed by atoms with Crippen LogP contribution in [0.15, 0.2) is 42.5 Å². The first-order chi connectivity index (χ1) is 19.0. The van der Waals surface area contributed by atoms with Gasteiger partial charge in [-0.05, 0) is 118 Å². The van der Waals surface area contributed by atoms with Crippen LogP contribution in [0.1, 0.15) is 58.1 Å². The van der Waals surface area contributed by atoms with E-state index < -0.39 is 5.41 Å². The van der Waals surface area contributed by atoms with Crippen LogP contribution in [0.5, 0.6) is 0 Å². The smallest absolute Gasteiger partial charge is 0.319 e. The molecular weight excluding hydrogens is 509 g/mol. The number of rotatable bonds is 10. The second-order valence-corrected chi connectivity index (χ2v) is 11.5. The fourth-order valence-electron chi connectivity index (χ4n) is 5.18. The number of carbonyl (C=O) groups is 2. The number of Topliss-reactive ketones (excluding diaryl/α,β-unsaturated/α-hetero) is 1. The number of likely N-dealkylation sites (tertiary alicyclic amines) is 1. The van der Waals surface area contributed by atoms with Crippen LogP contribution in [0.25, 0.3) is 11.4 Å². The number of benzene rings is 2. The molecule has 214 valence electrons. The van der Waals surface area contributed by atoms with Crippen molar-refractivity contribution in [2.75, 3.05) is 25.0 Å². The Hall–Kier alpha value is -3.66. The lowest BCUT2D eigenvalue weighted by atomic mass is 9.80. The van der Waals surface area contributed by atoms with Crippen LogP contribution in [0, 0.1) is 11.7 Å². The zero-order chi connectivity index (χ0) is 28.9. The Labute approximate surface area is 235 Å². The quantitative estimate of drug-likeness (QED) is 0.379. The number of nitrogens with one attached hydrogen (secondary N) is 2.